The van der Waals surface area contributed by atoms with Gasteiger partial charge in [0.15, 0.2) is 5.79 Å². The summed E-state index contributed by atoms with van der Waals surface area (Å²) in [5.74, 6) is -0.543. The second kappa shape index (κ2) is 4.72. The first-order chi connectivity index (χ1) is 7.63. The molecule has 1 fully saturated rings. The van der Waals surface area contributed by atoms with Gasteiger partial charge in [0, 0.05) is 11.4 Å². The highest BCUT2D eigenvalue weighted by Gasteiger charge is 2.36. The van der Waals surface area contributed by atoms with E-state index in [0.717, 1.165) is 10.6 Å². The Morgan fingerprint density at radius 1 is 1.44 bits per heavy atom. The van der Waals surface area contributed by atoms with Crippen LogP contribution in [0.4, 0.5) is 0 Å². The molecule has 0 aliphatic carbocycles. The molecule has 1 aliphatic rings. The molecule has 1 aliphatic heterocycles. The van der Waals surface area contributed by atoms with Crippen molar-refractivity contribution in [2.45, 2.75) is 25.2 Å². The van der Waals surface area contributed by atoms with E-state index in [1.54, 1.807) is 0 Å². The smallest absolute Gasteiger partial charge is 0.167 e. The van der Waals surface area contributed by atoms with Gasteiger partial charge in [0.25, 0.3) is 0 Å². The van der Waals surface area contributed by atoms with Crippen molar-refractivity contribution in [2.75, 3.05) is 13.2 Å². The Hall–Kier alpha value is -0.610. The summed E-state index contributed by atoms with van der Waals surface area (Å²) in [5.41, 5.74) is 6.61. The van der Waals surface area contributed by atoms with Gasteiger partial charge in [0.1, 0.15) is 6.10 Å². The molecule has 4 heteroatoms. The van der Waals surface area contributed by atoms with Crippen LogP contribution in [0.1, 0.15) is 25.0 Å². The van der Waals surface area contributed by atoms with Gasteiger partial charge in [-0.15, -0.1) is 0 Å². The molecule has 1 aromatic carbocycles. The van der Waals surface area contributed by atoms with Crippen LogP contribution in [0, 0.1) is 0 Å². The summed E-state index contributed by atoms with van der Waals surface area (Å²) in [7, 11) is 0. The molecule has 3 nitrogen and oxygen atoms in total. The lowest BCUT2D eigenvalue weighted by molar-refractivity contribution is -0.157. The molecule has 2 unspecified atom stereocenters. The molecule has 2 atom stereocenters. The van der Waals surface area contributed by atoms with Crippen molar-refractivity contribution in [3.05, 3.63) is 34.9 Å². The zero-order valence-corrected chi connectivity index (χ0v) is 10.0. The standard InChI is InChI=1S/C12H16ClNO2/c1-12(6-7-14)15-8-11(16-12)9-2-4-10(13)5-3-9/h2-5,11H,6-8,14H2,1H3. The Morgan fingerprint density at radius 3 is 2.75 bits per heavy atom. The molecule has 0 bridgehead atoms. The Morgan fingerprint density at radius 2 is 2.12 bits per heavy atom. The van der Waals surface area contributed by atoms with Gasteiger partial charge in [-0.2, -0.15) is 0 Å². The largest absolute Gasteiger partial charge is 0.347 e. The quantitative estimate of drug-likeness (QED) is 0.884. The van der Waals surface area contributed by atoms with Crippen LogP contribution in [-0.4, -0.2) is 18.9 Å². The predicted molar refractivity (Wildman–Crippen MR) is 63.3 cm³/mol. The zero-order chi connectivity index (χ0) is 11.6. The first-order valence-electron chi connectivity index (χ1n) is 5.40. The highest BCUT2D eigenvalue weighted by Crippen LogP contribution is 2.35. The SMILES string of the molecule is CC1(CCN)OCC(c2ccc(Cl)cc2)O1. The minimum Gasteiger partial charge on any atom is -0.347 e. The molecule has 0 aromatic heterocycles. The van der Waals surface area contributed by atoms with Gasteiger partial charge >= 0.3 is 0 Å². The average molecular weight is 242 g/mol. The van der Waals surface area contributed by atoms with Crippen LogP contribution in [0.2, 0.25) is 5.02 Å². The van der Waals surface area contributed by atoms with Gasteiger partial charge < -0.3 is 15.2 Å². The van der Waals surface area contributed by atoms with E-state index in [0.29, 0.717) is 19.6 Å². The maximum atomic E-state index is 5.87. The zero-order valence-electron chi connectivity index (χ0n) is 9.28. The number of ether oxygens (including phenoxy) is 2. The van der Waals surface area contributed by atoms with Gasteiger partial charge in [-0.1, -0.05) is 23.7 Å². The number of hydrogen-bond acceptors (Lipinski definition) is 3. The third-order valence-corrected chi connectivity index (χ3v) is 3.02. The molecule has 0 amide bonds. The van der Waals surface area contributed by atoms with E-state index < -0.39 is 5.79 Å². The maximum Gasteiger partial charge on any atom is 0.167 e. The number of halogens is 1. The highest BCUT2D eigenvalue weighted by atomic mass is 35.5. The van der Waals surface area contributed by atoms with Crippen LogP contribution < -0.4 is 5.73 Å². The van der Waals surface area contributed by atoms with Gasteiger partial charge in [-0.05, 0) is 31.2 Å². The molecule has 1 saturated heterocycles. The maximum absolute atomic E-state index is 5.87. The van der Waals surface area contributed by atoms with E-state index in [1.807, 2.05) is 31.2 Å². The van der Waals surface area contributed by atoms with Crippen molar-refractivity contribution in [1.29, 1.82) is 0 Å². The molecule has 1 aromatic rings. The number of rotatable bonds is 3. The summed E-state index contributed by atoms with van der Waals surface area (Å²) in [4.78, 5) is 0. The Bertz CT molecular complexity index is 355. The van der Waals surface area contributed by atoms with Gasteiger partial charge in [-0.25, -0.2) is 0 Å². The molecule has 1 heterocycles. The van der Waals surface area contributed by atoms with Crippen molar-refractivity contribution in [1.82, 2.24) is 0 Å². The van der Waals surface area contributed by atoms with Gasteiger partial charge in [0.2, 0.25) is 0 Å². The first kappa shape index (κ1) is 11.9. The summed E-state index contributed by atoms with van der Waals surface area (Å²) in [6, 6.07) is 7.65. The van der Waals surface area contributed by atoms with E-state index in [-0.39, 0.29) is 6.10 Å². The van der Waals surface area contributed by atoms with Gasteiger partial charge in [0.05, 0.1) is 6.61 Å². The Balaban J connectivity index is 2.06. The van der Waals surface area contributed by atoms with Crippen molar-refractivity contribution in [2.24, 2.45) is 5.73 Å². The fourth-order valence-corrected chi connectivity index (χ4v) is 1.98. The van der Waals surface area contributed by atoms with Crippen LogP contribution >= 0.6 is 11.6 Å². The van der Waals surface area contributed by atoms with Crippen LogP contribution in [0.3, 0.4) is 0 Å². The van der Waals surface area contributed by atoms with Crippen LogP contribution in [0.15, 0.2) is 24.3 Å². The second-order valence-corrected chi connectivity index (χ2v) is 4.58. The summed E-state index contributed by atoms with van der Waals surface area (Å²) in [5, 5.41) is 0.729. The number of nitrogens with two attached hydrogens (primary N) is 1. The summed E-state index contributed by atoms with van der Waals surface area (Å²) < 4.78 is 11.5. The normalized spacial score (nSPS) is 29.6. The first-order valence-corrected chi connectivity index (χ1v) is 5.78. The lowest BCUT2D eigenvalue weighted by Crippen LogP contribution is -2.28. The molecule has 2 rings (SSSR count). The number of hydrogen-bond donors (Lipinski definition) is 1. The third-order valence-electron chi connectivity index (χ3n) is 2.77. The van der Waals surface area contributed by atoms with Crippen molar-refractivity contribution in [3.63, 3.8) is 0 Å². The van der Waals surface area contributed by atoms with E-state index in [9.17, 15) is 0 Å². The van der Waals surface area contributed by atoms with Crippen LogP contribution in [0.5, 0.6) is 0 Å². The third kappa shape index (κ3) is 2.55. The van der Waals surface area contributed by atoms with Crippen molar-refractivity contribution >= 4 is 11.6 Å². The fraction of sp³-hybridized carbons (Fsp3) is 0.500. The average Bonchev–Trinajstić information content (AvgIpc) is 2.62. The van der Waals surface area contributed by atoms with Gasteiger partial charge in [-0.3, -0.25) is 0 Å². The summed E-state index contributed by atoms with van der Waals surface area (Å²) >= 11 is 5.84. The molecular formula is C12H16ClNO2. The molecule has 0 spiro atoms. The fourth-order valence-electron chi connectivity index (χ4n) is 1.86. The summed E-state index contributed by atoms with van der Waals surface area (Å²) in [6.07, 6.45) is 0.686. The minimum absolute atomic E-state index is 0.0196. The van der Waals surface area contributed by atoms with E-state index in [2.05, 4.69) is 0 Å². The molecule has 88 valence electrons. The number of benzene rings is 1. The lowest BCUT2D eigenvalue weighted by Gasteiger charge is -2.22. The molecule has 2 N–H and O–H groups in total. The minimum atomic E-state index is -0.543. The second-order valence-electron chi connectivity index (χ2n) is 4.14. The van der Waals surface area contributed by atoms with Crippen LogP contribution in [0.25, 0.3) is 0 Å². The topological polar surface area (TPSA) is 44.5 Å². The molecule has 16 heavy (non-hydrogen) atoms. The van der Waals surface area contributed by atoms with Crippen molar-refractivity contribution in [3.8, 4) is 0 Å². The Labute approximate surface area is 100 Å². The van der Waals surface area contributed by atoms with Crippen LogP contribution in [-0.2, 0) is 9.47 Å². The van der Waals surface area contributed by atoms with E-state index in [4.69, 9.17) is 26.8 Å². The lowest BCUT2D eigenvalue weighted by atomic mass is 10.1. The molecule has 0 radical (unpaired) electrons. The van der Waals surface area contributed by atoms with E-state index in [1.165, 1.54) is 0 Å². The molecular weight excluding hydrogens is 226 g/mol. The van der Waals surface area contributed by atoms with E-state index >= 15 is 0 Å². The van der Waals surface area contributed by atoms with Crippen molar-refractivity contribution < 1.29 is 9.47 Å². The summed E-state index contributed by atoms with van der Waals surface area (Å²) in [6.45, 7) is 3.05. The monoisotopic (exact) mass is 241 g/mol. The predicted octanol–water partition coefficient (Wildman–Crippen LogP) is 2.49. The molecule has 0 saturated carbocycles. The highest BCUT2D eigenvalue weighted by molar-refractivity contribution is 6.30. The Kier molecular flexibility index (Phi) is 3.50.